The molecule has 0 saturated carbocycles. The molecule has 0 aromatic heterocycles. The summed E-state index contributed by atoms with van der Waals surface area (Å²) in [7, 11) is 0. The molecule has 3 amide bonds. The van der Waals surface area contributed by atoms with Gasteiger partial charge in [0.05, 0.1) is 6.54 Å². The van der Waals surface area contributed by atoms with Crippen LogP contribution in [-0.4, -0.2) is 47.7 Å². The zero-order valence-corrected chi connectivity index (χ0v) is 14.3. The van der Waals surface area contributed by atoms with Crippen molar-refractivity contribution < 1.29 is 29.1 Å². The minimum Gasteiger partial charge on any atom is -0.480 e. The highest BCUT2D eigenvalue weighted by Gasteiger charge is 2.09. The number of hydrogen-bond acceptors (Lipinski definition) is 5. The number of anilines is 1. The molecule has 0 spiro atoms. The van der Waals surface area contributed by atoms with Crippen LogP contribution in [0.1, 0.15) is 24.2 Å². The molecular weight excluding hydrogens is 342 g/mol. The van der Waals surface area contributed by atoms with E-state index in [4.69, 9.17) is 5.11 Å². The largest absolute Gasteiger partial charge is 0.480 e. The number of nitrogens with one attached hydrogen (secondary N) is 3. The van der Waals surface area contributed by atoms with Gasteiger partial charge in [0.2, 0.25) is 11.8 Å². The van der Waals surface area contributed by atoms with Gasteiger partial charge in [-0.3, -0.25) is 24.0 Å². The average molecular weight is 361 g/mol. The number of aliphatic carboxylic acids is 1. The third-order valence-electron chi connectivity index (χ3n) is 3.12. The van der Waals surface area contributed by atoms with Crippen LogP contribution in [0.5, 0.6) is 0 Å². The fourth-order valence-electron chi connectivity index (χ4n) is 1.74. The van der Waals surface area contributed by atoms with Gasteiger partial charge in [-0.2, -0.15) is 0 Å². The molecule has 1 aromatic carbocycles. The van der Waals surface area contributed by atoms with Gasteiger partial charge >= 0.3 is 5.97 Å². The van der Waals surface area contributed by atoms with Gasteiger partial charge in [0.25, 0.3) is 5.91 Å². The molecule has 1 aromatic rings. The molecule has 0 saturated heterocycles. The van der Waals surface area contributed by atoms with Crippen LogP contribution in [0.3, 0.4) is 0 Å². The summed E-state index contributed by atoms with van der Waals surface area (Å²) in [6.45, 7) is 1.89. The van der Waals surface area contributed by atoms with Crippen molar-refractivity contribution in [3.05, 3.63) is 41.5 Å². The minimum atomic E-state index is -1.20. The van der Waals surface area contributed by atoms with E-state index in [-0.39, 0.29) is 11.4 Å². The second-order valence-electron chi connectivity index (χ2n) is 5.30. The van der Waals surface area contributed by atoms with E-state index in [9.17, 15) is 24.0 Å². The quantitative estimate of drug-likeness (QED) is 0.382. The highest BCUT2D eigenvalue weighted by molar-refractivity contribution is 6.07. The standard InChI is InChI=1S/C17H19N3O6/c1-10(7-14(22)18-8-15(23)19-9-16(24)25)17(26)20-13-5-3-12(4-6-13)11(2)21/h3-7H,8-9H2,1-2H3,(H,18,22)(H,19,23)(H,20,26)(H,24,25)/b10-7-. The van der Waals surface area contributed by atoms with Gasteiger partial charge in [-0.1, -0.05) is 0 Å². The Labute approximate surface area is 149 Å². The second-order valence-corrected chi connectivity index (χ2v) is 5.30. The lowest BCUT2D eigenvalue weighted by Crippen LogP contribution is -2.38. The number of benzene rings is 1. The molecule has 26 heavy (non-hydrogen) atoms. The van der Waals surface area contributed by atoms with Crippen molar-refractivity contribution in [2.24, 2.45) is 0 Å². The summed E-state index contributed by atoms with van der Waals surface area (Å²) in [6.07, 6.45) is 1.02. The highest BCUT2D eigenvalue weighted by atomic mass is 16.4. The number of Topliss-reactive ketones (excluding diaryl/α,β-unsaturated/α-hetero) is 1. The molecule has 138 valence electrons. The van der Waals surface area contributed by atoms with Crippen molar-refractivity contribution in [2.45, 2.75) is 13.8 Å². The van der Waals surface area contributed by atoms with Crippen LogP contribution in [0.15, 0.2) is 35.9 Å². The van der Waals surface area contributed by atoms with Gasteiger partial charge < -0.3 is 21.1 Å². The van der Waals surface area contributed by atoms with Crippen LogP contribution < -0.4 is 16.0 Å². The first-order valence-electron chi connectivity index (χ1n) is 7.56. The molecule has 0 aliphatic rings. The van der Waals surface area contributed by atoms with Crippen molar-refractivity contribution in [1.82, 2.24) is 10.6 Å². The van der Waals surface area contributed by atoms with E-state index in [2.05, 4.69) is 16.0 Å². The van der Waals surface area contributed by atoms with Gasteiger partial charge in [0.15, 0.2) is 5.78 Å². The van der Waals surface area contributed by atoms with Crippen molar-refractivity contribution in [3.63, 3.8) is 0 Å². The summed E-state index contributed by atoms with van der Waals surface area (Å²) < 4.78 is 0. The lowest BCUT2D eigenvalue weighted by molar-refractivity contribution is -0.137. The van der Waals surface area contributed by atoms with Gasteiger partial charge in [-0.05, 0) is 38.1 Å². The summed E-state index contributed by atoms with van der Waals surface area (Å²) >= 11 is 0. The summed E-state index contributed by atoms with van der Waals surface area (Å²) in [6, 6.07) is 6.27. The number of carbonyl (C=O) groups is 5. The number of carboxylic acids is 1. The van der Waals surface area contributed by atoms with Crippen LogP contribution in [0.25, 0.3) is 0 Å². The minimum absolute atomic E-state index is 0.0944. The molecule has 9 nitrogen and oxygen atoms in total. The predicted molar refractivity (Wildman–Crippen MR) is 92.5 cm³/mol. The van der Waals surface area contributed by atoms with E-state index in [1.54, 1.807) is 24.3 Å². The fourth-order valence-corrected chi connectivity index (χ4v) is 1.74. The molecule has 0 heterocycles. The number of hydrogen-bond donors (Lipinski definition) is 4. The van der Waals surface area contributed by atoms with Crippen LogP contribution in [-0.2, 0) is 19.2 Å². The number of carboxylic acid groups (broad SMARTS) is 1. The smallest absolute Gasteiger partial charge is 0.322 e. The lowest BCUT2D eigenvalue weighted by Gasteiger charge is -2.07. The lowest BCUT2D eigenvalue weighted by atomic mass is 10.1. The van der Waals surface area contributed by atoms with E-state index in [1.807, 2.05) is 0 Å². The Morgan fingerprint density at radius 1 is 0.962 bits per heavy atom. The maximum absolute atomic E-state index is 12.0. The Balaban J connectivity index is 2.52. The average Bonchev–Trinajstić information content (AvgIpc) is 2.58. The van der Waals surface area contributed by atoms with Crippen LogP contribution >= 0.6 is 0 Å². The van der Waals surface area contributed by atoms with Crippen LogP contribution in [0, 0.1) is 0 Å². The van der Waals surface area contributed by atoms with Crippen LogP contribution in [0.4, 0.5) is 5.69 Å². The highest BCUT2D eigenvalue weighted by Crippen LogP contribution is 2.11. The zero-order chi connectivity index (χ0) is 19.7. The van der Waals surface area contributed by atoms with E-state index in [0.29, 0.717) is 11.3 Å². The van der Waals surface area contributed by atoms with E-state index < -0.39 is 36.8 Å². The zero-order valence-electron chi connectivity index (χ0n) is 14.3. The SMILES string of the molecule is CC(=O)c1ccc(NC(=O)/C(C)=C\C(=O)NCC(=O)NCC(=O)O)cc1. The monoisotopic (exact) mass is 361 g/mol. The van der Waals surface area contributed by atoms with Gasteiger partial charge in [-0.25, -0.2) is 0 Å². The first kappa shape index (κ1) is 20.6. The summed E-state index contributed by atoms with van der Waals surface area (Å²) in [5.74, 6) is -3.15. The Bertz CT molecular complexity index is 752. The third kappa shape index (κ3) is 7.39. The third-order valence-corrected chi connectivity index (χ3v) is 3.12. The molecule has 0 aliphatic carbocycles. The molecule has 0 bridgehead atoms. The van der Waals surface area contributed by atoms with E-state index in [1.165, 1.54) is 13.8 Å². The van der Waals surface area contributed by atoms with Crippen molar-refractivity contribution in [2.75, 3.05) is 18.4 Å². The molecule has 0 fully saturated rings. The van der Waals surface area contributed by atoms with E-state index in [0.717, 1.165) is 6.08 Å². The Morgan fingerprint density at radius 3 is 2.12 bits per heavy atom. The molecule has 0 unspecified atom stereocenters. The maximum Gasteiger partial charge on any atom is 0.322 e. The van der Waals surface area contributed by atoms with Crippen LogP contribution in [0.2, 0.25) is 0 Å². The van der Waals surface area contributed by atoms with Gasteiger partial charge in [0.1, 0.15) is 6.54 Å². The van der Waals surface area contributed by atoms with Crippen molar-refractivity contribution in [3.8, 4) is 0 Å². The Hall–Kier alpha value is -3.49. The number of rotatable bonds is 8. The van der Waals surface area contributed by atoms with Crippen molar-refractivity contribution in [1.29, 1.82) is 0 Å². The summed E-state index contributed by atoms with van der Waals surface area (Å²) in [5, 5.41) is 15.3. The number of ketones is 1. The topological polar surface area (TPSA) is 142 Å². The molecule has 0 aliphatic heterocycles. The predicted octanol–water partition coefficient (Wildman–Crippen LogP) is 0.0910. The fraction of sp³-hybridized carbons (Fsp3) is 0.235. The van der Waals surface area contributed by atoms with Crippen molar-refractivity contribution >= 4 is 35.2 Å². The molecule has 4 N–H and O–H groups in total. The number of amides is 3. The number of carbonyl (C=O) groups excluding carboxylic acids is 4. The molecule has 9 heteroatoms. The van der Waals surface area contributed by atoms with Gasteiger partial charge in [-0.15, -0.1) is 0 Å². The second kappa shape index (κ2) is 9.72. The van der Waals surface area contributed by atoms with E-state index >= 15 is 0 Å². The maximum atomic E-state index is 12.0. The normalized spacial score (nSPS) is 10.6. The Kier molecular flexibility index (Phi) is 7.68. The first-order chi connectivity index (χ1) is 12.2. The molecule has 0 atom stereocenters. The first-order valence-corrected chi connectivity index (χ1v) is 7.56. The molecule has 1 rings (SSSR count). The van der Waals surface area contributed by atoms with Gasteiger partial charge in [0, 0.05) is 22.9 Å². The molecular formula is C17H19N3O6. The Morgan fingerprint density at radius 2 is 1.58 bits per heavy atom. The summed E-state index contributed by atoms with van der Waals surface area (Å²) in [4.78, 5) is 56.4. The molecule has 0 radical (unpaired) electrons. The summed E-state index contributed by atoms with van der Waals surface area (Å²) in [5.41, 5.74) is 1.07.